The van der Waals surface area contributed by atoms with E-state index >= 15 is 0 Å². The van der Waals surface area contributed by atoms with Crippen LogP contribution in [0.3, 0.4) is 0 Å². The van der Waals surface area contributed by atoms with Crippen LogP contribution in [0.25, 0.3) is 0 Å². The fourth-order valence-electron chi connectivity index (χ4n) is 2.56. The lowest BCUT2D eigenvalue weighted by atomic mass is 10.00. The molecule has 0 spiro atoms. The lowest BCUT2D eigenvalue weighted by Crippen LogP contribution is -2.32. The van der Waals surface area contributed by atoms with Crippen molar-refractivity contribution in [1.29, 1.82) is 0 Å². The summed E-state index contributed by atoms with van der Waals surface area (Å²) in [7, 11) is 1.74. The Balaban J connectivity index is 1.99. The predicted octanol–water partition coefficient (Wildman–Crippen LogP) is 2.21. The number of nitrogens with one attached hydrogen (secondary N) is 1. The molecule has 3 heteroatoms. The quantitative estimate of drug-likeness (QED) is 0.615. The van der Waals surface area contributed by atoms with Crippen molar-refractivity contribution in [1.82, 2.24) is 5.32 Å². The normalized spacial score (nSPS) is 25.1. The molecule has 0 radical (unpaired) electrons. The number of hydrogen-bond acceptors (Lipinski definition) is 3. The van der Waals surface area contributed by atoms with Crippen LogP contribution < -0.4 is 5.32 Å². The van der Waals surface area contributed by atoms with E-state index < -0.39 is 0 Å². The molecular weight excluding hydrogens is 202 g/mol. The van der Waals surface area contributed by atoms with Gasteiger partial charge in [-0.2, -0.15) is 0 Å². The Hall–Kier alpha value is -0.120. The van der Waals surface area contributed by atoms with Crippen LogP contribution in [0.4, 0.5) is 0 Å². The molecule has 0 aromatic rings. The molecule has 1 saturated carbocycles. The van der Waals surface area contributed by atoms with Crippen molar-refractivity contribution in [2.75, 3.05) is 33.5 Å². The lowest BCUT2D eigenvalue weighted by molar-refractivity contribution is 0.0918. The highest BCUT2D eigenvalue weighted by Crippen LogP contribution is 2.28. The summed E-state index contributed by atoms with van der Waals surface area (Å²) < 4.78 is 10.6. The first kappa shape index (κ1) is 13.9. The first-order valence-corrected chi connectivity index (χ1v) is 6.68. The third-order valence-corrected chi connectivity index (χ3v) is 3.40. The molecule has 2 unspecified atom stereocenters. The molecule has 1 aliphatic rings. The molecule has 0 amide bonds. The van der Waals surface area contributed by atoms with Gasteiger partial charge in [-0.3, -0.25) is 0 Å². The highest BCUT2D eigenvalue weighted by Gasteiger charge is 2.25. The van der Waals surface area contributed by atoms with Crippen LogP contribution in [-0.2, 0) is 9.47 Å². The van der Waals surface area contributed by atoms with Gasteiger partial charge in [-0.25, -0.2) is 0 Å². The molecule has 0 saturated heterocycles. The van der Waals surface area contributed by atoms with E-state index in [1.54, 1.807) is 7.11 Å². The van der Waals surface area contributed by atoms with Crippen molar-refractivity contribution in [2.24, 2.45) is 5.92 Å². The molecule has 96 valence electrons. The zero-order valence-electron chi connectivity index (χ0n) is 10.8. The number of methoxy groups -OCH3 is 1. The molecule has 1 N–H and O–H groups in total. The molecule has 0 aliphatic heterocycles. The minimum atomic E-state index is 0.743. The zero-order chi connectivity index (χ0) is 11.6. The van der Waals surface area contributed by atoms with Gasteiger partial charge in [0.15, 0.2) is 0 Å². The lowest BCUT2D eigenvalue weighted by Gasteiger charge is -2.20. The van der Waals surface area contributed by atoms with Crippen LogP contribution >= 0.6 is 0 Å². The molecule has 1 rings (SSSR count). The van der Waals surface area contributed by atoms with Gasteiger partial charge in [0.25, 0.3) is 0 Å². The van der Waals surface area contributed by atoms with Crippen LogP contribution in [0.5, 0.6) is 0 Å². The van der Waals surface area contributed by atoms with Gasteiger partial charge in [-0.05, 0) is 38.1 Å². The molecule has 16 heavy (non-hydrogen) atoms. The summed E-state index contributed by atoms with van der Waals surface area (Å²) in [5, 5.41) is 3.58. The van der Waals surface area contributed by atoms with Gasteiger partial charge >= 0.3 is 0 Å². The first-order valence-electron chi connectivity index (χ1n) is 6.68. The van der Waals surface area contributed by atoms with Crippen molar-refractivity contribution in [2.45, 2.75) is 45.1 Å². The molecule has 2 atom stereocenters. The summed E-state index contributed by atoms with van der Waals surface area (Å²) in [5.41, 5.74) is 0. The summed E-state index contributed by atoms with van der Waals surface area (Å²) >= 11 is 0. The SMILES string of the molecule is CCNC1CCCC1CCOCCCOC. The van der Waals surface area contributed by atoms with Crippen molar-refractivity contribution in [3.8, 4) is 0 Å². The monoisotopic (exact) mass is 229 g/mol. The average molecular weight is 229 g/mol. The van der Waals surface area contributed by atoms with Gasteiger partial charge in [0.1, 0.15) is 0 Å². The Kier molecular flexibility index (Phi) is 7.81. The molecule has 0 bridgehead atoms. The standard InChI is InChI=1S/C13H27NO2/c1-3-14-13-7-4-6-12(13)8-11-16-10-5-9-15-2/h12-14H,3-11H2,1-2H3. The van der Waals surface area contributed by atoms with Crippen LogP contribution in [0.2, 0.25) is 0 Å². The van der Waals surface area contributed by atoms with E-state index in [2.05, 4.69) is 12.2 Å². The Labute approximate surface area is 99.9 Å². The maximum Gasteiger partial charge on any atom is 0.0487 e. The van der Waals surface area contributed by atoms with Crippen molar-refractivity contribution in [3.05, 3.63) is 0 Å². The van der Waals surface area contributed by atoms with Gasteiger partial charge in [0.2, 0.25) is 0 Å². The van der Waals surface area contributed by atoms with E-state index in [4.69, 9.17) is 9.47 Å². The van der Waals surface area contributed by atoms with Crippen LogP contribution in [0, 0.1) is 5.92 Å². The van der Waals surface area contributed by atoms with Crippen molar-refractivity contribution >= 4 is 0 Å². The van der Waals surface area contributed by atoms with Crippen molar-refractivity contribution in [3.63, 3.8) is 0 Å². The van der Waals surface area contributed by atoms with Gasteiger partial charge in [0, 0.05) is 33.0 Å². The topological polar surface area (TPSA) is 30.5 Å². The number of hydrogen-bond donors (Lipinski definition) is 1. The highest BCUT2D eigenvalue weighted by atomic mass is 16.5. The van der Waals surface area contributed by atoms with E-state index in [1.165, 1.54) is 25.7 Å². The first-order chi connectivity index (χ1) is 7.88. The van der Waals surface area contributed by atoms with Gasteiger partial charge in [0.05, 0.1) is 0 Å². The Morgan fingerprint density at radius 1 is 1.19 bits per heavy atom. The summed E-state index contributed by atoms with van der Waals surface area (Å²) in [6.07, 6.45) is 6.33. The maximum absolute atomic E-state index is 5.62. The summed E-state index contributed by atoms with van der Waals surface area (Å²) in [4.78, 5) is 0. The number of ether oxygens (including phenoxy) is 2. The van der Waals surface area contributed by atoms with Crippen LogP contribution in [0.15, 0.2) is 0 Å². The zero-order valence-corrected chi connectivity index (χ0v) is 10.8. The van der Waals surface area contributed by atoms with Gasteiger partial charge < -0.3 is 14.8 Å². The maximum atomic E-state index is 5.62. The Morgan fingerprint density at radius 2 is 2.06 bits per heavy atom. The van der Waals surface area contributed by atoms with Gasteiger partial charge in [-0.1, -0.05) is 13.3 Å². The summed E-state index contributed by atoms with van der Waals surface area (Å²) in [6.45, 7) is 5.85. The third-order valence-electron chi connectivity index (χ3n) is 3.40. The second-order valence-corrected chi connectivity index (χ2v) is 4.60. The number of rotatable bonds is 9. The summed E-state index contributed by atoms with van der Waals surface area (Å²) in [6, 6.07) is 0.743. The molecule has 0 aromatic heterocycles. The van der Waals surface area contributed by atoms with Crippen LogP contribution in [-0.4, -0.2) is 39.5 Å². The molecule has 1 aliphatic carbocycles. The molecular formula is C13H27NO2. The molecule has 0 aromatic carbocycles. The second kappa shape index (κ2) is 8.97. The minimum Gasteiger partial charge on any atom is -0.385 e. The molecule has 0 heterocycles. The van der Waals surface area contributed by atoms with Crippen LogP contribution in [0.1, 0.15) is 39.0 Å². The van der Waals surface area contributed by atoms with E-state index in [0.29, 0.717) is 0 Å². The van der Waals surface area contributed by atoms with E-state index in [1.807, 2.05) is 0 Å². The van der Waals surface area contributed by atoms with E-state index in [-0.39, 0.29) is 0 Å². The predicted molar refractivity (Wildman–Crippen MR) is 66.7 cm³/mol. The Morgan fingerprint density at radius 3 is 2.81 bits per heavy atom. The summed E-state index contributed by atoms with van der Waals surface area (Å²) in [5.74, 6) is 0.836. The third kappa shape index (κ3) is 5.28. The van der Waals surface area contributed by atoms with Crippen molar-refractivity contribution < 1.29 is 9.47 Å². The Bertz CT molecular complexity index is 164. The van der Waals surface area contributed by atoms with E-state index in [9.17, 15) is 0 Å². The van der Waals surface area contributed by atoms with Gasteiger partial charge in [-0.15, -0.1) is 0 Å². The van der Waals surface area contributed by atoms with E-state index in [0.717, 1.165) is 44.7 Å². The minimum absolute atomic E-state index is 0.743. The smallest absolute Gasteiger partial charge is 0.0487 e. The fraction of sp³-hybridized carbons (Fsp3) is 1.00. The largest absolute Gasteiger partial charge is 0.385 e. The fourth-order valence-corrected chi connectivity index (χ4v) is 2.56. The average Bonchev–Trinajstić information content (AvgIpc) is 2.72. The molecule has 3 nitrogen and oxygen atoms in total. The highest BCUT2D eigenvalue weighted by molar-refractivity contribution is 4.82. The second-order valence-electron chi connectivity index (χ2n) is 4.60. The molecule has 1 fully saturated rings.